The molecule has 0 atom stereocenters. The van der Waals surface area contributed by atoms with Crippen molar-refractivity contribution in [3.63, 3.8) is 0 Å². The summed E-state index contributed by atoms with van der Waals surface area (Å²) >= 11 is 3.33. The van der Waals surface area contributed by atoms with Gasteiger partial charge in [-0.3, -0.25) is 0 Å². The monoisotopic (exact) mass is 302 g/mol. The van der Waals surface area contributed by atoms with E-state index < -0.39 is 0 Å². The molecule has 0 bridgehead atoms. The molecule has 0 radical (unpaired) electrons. The van der Waals surface area contributed by atoms with Gasteiger partial charge in [0.1, 0.15) is 5.75 Å². The van der Waals surface area contributed by atoms with E-state index in [-0.39, 0.29) is 5.84 Å². The molecule has 0 aliphatic carbocycles. The molecular weight excluding hydrogens is 288 g/mol. The van der Waals surface area contributed by atoms with Gasteiger partial charge in [-0.05, 0) is 28.1 Å². The van der Waals surface area contributed by atoms with Gasteiger partial charge >= 0.3 is 0 Å². The van der Waals surface area contributed by atoms with Crippen LogP contribution in [0.3, 0.4) is 0 Å². The zero-order valence-electron chi connectivity index (χ0n) is 9.52. The Morgan fingerprint density at radius 2 is 2.24 bits per heavy atom. The first kappa shape index (κ1) is 13.8. The van der Waals surface area contributed by atoms with E-state index >= 15 is 0 Å². The third-order valence-electron chi connectivity index (χ3n) is 2.09. The predicted molar refractivity (Wildman–Crippen MR) is 68.6 cm³/mol. The second kappa shape index (κ2) is 7.13. The van der Waals surface area contributed by atoms with E-state index in [1.165, 1.54) is 0 Å². The molecule has 0 fully saturated rings. The minimum atomic E-state index is 0.0132. The fourth-order valence-corrected chi connectivity index (χ4v) is 1.86. The third-order valence-corrected chi connectivity index (χ3v) is 2.75. The molecular formula is C11H15BrN2O3. The lowest BCUT2D eigenvalue weighted by molar-refractivity contribution is 0.172. The van der Waals surface area contributed by atoms with Crippen molar-refractivity contribution in [2.24, 2.45) is 10.9 Å². The summed E-state index contributed by atoms with van der Waals surface area (Å²) in [7, 11) is 1.64. The van der Waals surface area contributed by atoms with Crippen LogP contribution in [0.2, 0.25) is 0 Å². The fourth-order valence-electron chi connectivity index (χ4n) is 1.31. The first-order valence-corrected chi connectivity index (χ1v) is 5.88. The Morgan fingerprint density at radius 3 is 2.88 bits per heavy atom. The maximum atomic E-state index is 8.71. The number of ether oxygens (including phenoxy) is 2. The van der Waals surface area contributed by atoms with E-state index in [0.29, 0.717) is 24.5 Å². The summed E-state index contributed by atoms with van der Waals surface area (Å²) in [6.07, 6.45) is 0.776. The van der Waals surface area contributed by atoms with E-state index in [9.17, 15) is 0 Å². The third kappa shape index (κ3) is 3.90. The quantitative estimate of drug-likeness (QED) is 0.277. The maximum Gasteiger partial charge on any atom is 0.174 e. The Labute approximate surface area is 108 Å². The highest BCUT2D eigenvalue weighted by molar-refractivity contribution is 9.10. The van der Waals surface area contributed by atoms with E-state index in [1.807, 2.05) is 6.07 Å². The molecule has 0 amide bonds. The van der Waals surface area contributed by atoms with Gasteiger partial charge in [0.25, 0.3) is 0 Å². The van der Waals surface area contributed by atoms with Gasteiger partial charge in [0.15, 0.2) is 5.84 Å². The lowest BCUT2D eigenvalue weighted by Gasteiger charge is -2.11. The lowest BCUT2D eigenvalue weighted by Crippen LogP contribution is -2.16. The SMILES string of the molecule is COCCCOc1cccc(Br)c1/C(N)=N/O. The number of methoxy groups -OCH3 is 1. The van der Waals surface area contributed by atoms with E-state index in [0.717, 1.165) is 10.9 Å². The molecule has 0 aromatic heterocycles. The number of amidine groups is 1. The van der Waals surface area contributed by atoms with Crippen LogP contribution in [0.15, 0.2) is 27.8 Å². The zero-order valence-corrected chi connectivity index (χ0v) is 11.1. The summed E-state index contributed by atoms with van der Waals surface area (Å²) in [5.41, 5.74) is 6.14. The first-order chi connectivity index (χ1) is 8.20. The minimum Gasteiger partial charge on any atom is -0.493 e. The fraction of sp³-hybridized carbons (Fsp3) is 0.364. The lowest BCUT2D eigenvalue weighted by atomic mass is 10.2. The number of nitrogens with zero attached hydrogens (tertiary/aromatic N) is 1. The summed E-state index contributed by atoms with van der Waals surface area (Å²) in [5.74, 6) is 0.588. The van der Waals surface area contributed by atoms with Crippen LogP contribution in [-0.4, -0.2) is 31.4 Å². The van der Waals surface area contributed by atoms with Crippen LogP contribution < -0.4 is 10.5 Å². The molecule has 0 aliphatic rings. The van der Waals surface area contributed by atoms with Crippen molar-refractivity contribution < 1.29 is 14.7 Å². The molecule has 0 saturated heterocycles. The number of oxime groups is 1. The summed E-state index contributed by atoms with van der Waals surface area (Å²) in [5, 5.41) is 11.7. The van der Waals surface area contributed by atoms with Crippen molar-refractivity contribution in [3.8, 4) is 5.75 Å². The molecule has 1 aromatic rings. The number of nitrogens with two attached hydrogens (primary N) is 1. The van der Waals surface area contributed by atoms with Crippen molar-refractivity contribution in [2.75, 3.05) is 20.3 Å². The van der Waals surface area contributed by atoms with Gasteiger partial charge in [0, 0.05) is 24.6 Å². The maximum absolute atomic E-state index is 8.71. The van der Waals surface area contributed by atoms with Gasteiger partial charge in [0.2, 0.25) is 0 Å². The van der Waals surface area contributed by atoms with Crippen molar-refractivity contribution >= 4 is 21.8 Å². The van der Waals surface area contributed by atoms with Crippen LogP contribution in [0.5, 0.6) is 5.75 Å². The minimum absolute atomic E-state index is 0.0132. The molecule has 94 valence electrons. The molecule has 1 aromatic carbocycles. The largest absolute Gasteiger partial charge is 0.493 e. The molecule has 0 heterocycles. The van der Waals surface area contributed by atoms with Crippen molar-refractivity contribution in [2.45, 2.75) is 6.42 Å². The van der Waals surface area contributed by atoms with Crippen molar-refractivity contribution in [1.29, 1.82) is 0 Å². The Morgan fingerprint density at radius 1 is 1.47 bits per heavy atom. The van der Waals surface area contributed by atoms with Crippen molar-refractivity contribution in [3.05, 3.63) is 28.2 Å². The van der Waals surface area contributed by atoms with E-state index in [2.05, 4.69) is 21.1 Å². The van der Waals surface area contributed by atoms with Crippen LogP contribution in [0.1, 0.15) is 12.0 Å². The van der Waals surface area contributed by atoms with Gasteiger partial charge in [-0.2, -0.15) is 0 Å². The molecule has 0 unspecified atom stereocenters. The average molecular weight is 303 g/mol. The molecule has 1 rings (SSSR count). The normalized spacial score (nSPS) is 11.5. The second-order valence-electron chi connectivity index (χ2n) is 3.29. The van der Waals surface area contributed by atoms with Crippen LogP contribution >= 0.6 is 15.9 Å². The smallest absolute Gasteiger partial charge is 0.174 e. The van der Waals surface area contributed by atoms with Crippen LogP contribution in [-0.2, 0) is 4.74 Å². The van der Waals surface area contributed by atoms with Crippen molar-refractivity contribution in [1.82, 2.24) is 0 Å². The van der Waals surface area contributed by atoms with E-state index in [1.54, 1.807) is 19.2 Å². The van der Waals surface area contributed by atoms with Gasteiger partial charge in [0.05, 0.1) is 12.2 Å². The molecule has 0 aliphatic heterocycles. The van der Waals surface area contributed by atoms with Crippen LogP contribution in [0.4, 0.5) is 0 Å². The Hall–Kier alpha value is -1.27. The van der Waals surface area contributed by atoms with Gasteiger partial charge in [-0.1, -0.05) is 11.2 Å². The molecule has 6 heteroatoms. The number of rotatable bonds is 6. The summed E-state index contributed by atoms with van der Waals surface area (Å²) < 4.78 is 11.2. The topological polar surface area (TPSA) is 77.1 Å². The van der Waals surface area contributed by atoms with E-state index in [4.69, 9.17) is 20.4 Å². The summed E-state index contributed by atoms with van der Waals surface area (Å²) in [4.78, 5) is 0. The van der Waals surface area contributed by atoms with Gasteiger partial charge < -0.3 is 20.4 Å². The highest BCUT2D eigenvalue weighted by Gasteiger charge is 2.12. The summed E-state index contributed by atoms with van der Waals surface area (Å²) in [6, 6.07) is 5.39. The standard InChI is InChI=1S/C11H15BrN2O3/c1-16-6-3-7-17-9-5-2-4-8(12)10(9)11(13)14-15/h2,4-5,15H,3,6-7H2,1H3,(H2,13,14). The number of hydrogen-bond acceptors (Lipinski definition) is 4. The molecule has 0 saturated carbocycles. The molecule has 5 nitrogen and oxygen atoms in total. The Kier molecular flexibility index (Phi) is 5.79. The van der Waals surface area contributed by atoms with Gasteiger partial charge in [-0.15, -0.1) is 0 Å². The second-order valence-corrected chi connectivity index (χ2v) is 4.15. The molecule has 17 heavy (non-hydrogen) atoms. The summed E-state index contributed by atoms with van der Waals surface area (Å²) in [6.45, 7) is 1.14. The zero-order chi connectivity index (χ0) is 12.7. The number of benzene rings is 1. The molecule has 0 spiro atoms. The number of hydrogen-bond donors (Lipinski definition) is 2. The highest BCUT2D eigenvalue weighted by Crippen LogP contribution is 2.26. The molecule has 3 N–H and O–H groups in total. The average Bonchev–Trinajstić information content (AvgIpc) is 2.34. The number of halogens is 1. The first-order valence-electron chi connectivity index (χ1n) is 5.09. The van der Waals surface area contributed by atoms with Gasteiger partial charge in [-0.25, -0.2) is 0 Å². The van der Waals surface area contributed by atoms with Crippen LogP contribution in [0.25, 0.3) is 0 Å². The van der Waals surface area contributed by atoms with Crippen LogP contribution in [0, 0.1) is 0 Å². The highest BCUT2D eigenvalue weighted by atomic mass is 79.9. The Balaban J connectivity index is 2.80. The Bertz CT molecular complexity index is 396. The predicted octanol–water partition coefficient (Wildman–Crippen LogP) is 1.96.